The third-order valence-electron chi connectivity index (χ3n) is 5.58. The summed E-state index contributed by atoms with van der Waals surface area (Å²) in [6.45, 7) is 0.260. The number of halogens is 1. The molecule has 0 bridgehead atoms. The van der Waals surface area contributed by atoms with Gasteiger partial charge in [0.15, 0.2) is 11.5 Å². The predicted octanol–water partition coefficient (Wildman–Crippen LogP) is 5.31. The Morgan fingerprint density at radius 2 is 1.66 bits per heavy atom. The Morgan fingerprint density at radius 3 is 2.55 bits per heavy atom. The number of hydrogen-bond acceptors (Lipinski definition) is 5. The van der Waals surface area contributed by atoms with Gasteiger partial charge in [0.25, 0.3) is 0 Å². The van der Waals surface area contributed by atoms with Crippen molar-refractivity contribution < 1.29 is 14.2 Å². The minimum atomic E-state index is -0.380. The second-order valence-corrected chi connectivity index (χ2v) is 7.65. The number of hydrogen-bond donors (Lipinski definition) is 0. The number of benzene rings is 3. The van der Waals surface area contributed by atoms with E-state index in [9.17, 15) is 0 Å². The first kappa shape index (κ1) is 16.7. The fraction of sp³-hybridized carbons (Fsp3) is 0.174. The predicted molar refractivity (Wildman–Crippen MR) is 110 cm³/mol. The van der Waals surface area contributed by atoms with E-state index in [2.05, 4.69) is 6.07 Å². The fourth-order valence-electron chi connectivity index (χ4n) is 4.17. The first-order chi connectivity index (χ1) is 14.3. The van der Waals surface area contributed by atoms with Crippen molar-refractivity contribution in [1.29, 1.82) is 0 Å². The lowest BCUT2D eigenvalue weighted by molar-refractivity contribution is -0.0189. The van der Waals surface area contributed by atoms with E-state index in [1.54, 1.807) is 0 Å². The lowest BCUT2D eigenvalue weighted by atomic mass is 9.96. The van der Waals surface area contributed by atoms with Crippen LogP contribution in [0.5, 0.6) is 17.2 Å². The molecule has 5 nitrogen and oxygen atoms in total. The zero-order valence-electron chi connectivity index (χ0n) is 15.4. The van der Waals surface area contributed by atoms with Crippen LogP contribution in [-0.4, -0.2) is 17.5 Å². The van der Waals surface area contributed by atoms with Gasteiger partial charge in [-0.25, -0.2) is 5.01 Å². The van der Waals surface area contributed by atoms with Crippen molar-refractivity contribution in [3.8, 4) is 17.2 Å². The summed E-state index contributed by atoms with van der Waals surface area (Å²) in [6, 6.07) is 22.0. The van der Waals surface area contributed by atoms with E-state index in [1.165, 1.54) is 0 Å². The van der Waals surface area contributed by atoms with Gasteiger partial charge < -0.3 is 14.2 Å². The first-order valence-electron chi connectivity index (χ1n) is 9.54. The van der Waals surface area contributed by atoms with Crippen molar-refractivity contribution in [3.63, 3.8) is 0 Å². The Labute approximate surface area is 173 Å². The lowest BCUT2D eigenvalue weighted by Crippen LogP contribution is -2.33. The van der Waals surface area contributed by atoms with E-state index in [4.69, 9.17) is 30.9 Å². The summed E-state index contributed by atoms with van der Waals surface area (Å²) in [5.74, 6) is 2.41. The van der Waals surface area contributed by atoms with E-state index in [0.29, 0.717) is 5.02 Å². The maximum atomic E-state index is 6.51. The van der Waals surface area contributed by atoms with Gasteiger partial charge in [-0.2, -0.15) is 5.10 Å². The van der Waals surface area contributed by atoms with Gasteiger partial charge in [0.05, 0.1) is 11.8 Å². The summed E-state index contributed by atoms with van der Waals surface area (Å²) in [5.41, 5.74) is 4.06. The molecule has 2 atom stereocenters. The molecule has 0 fully saturated rings. The molecule has 0 unspecified atom stereocenters. The quantitative estimate of drug-likeness (QED) is 0.580. The third kappa shape index (κ3) is 2.65. The average molecular weight is 405 g/mol. The maximum absolute atomic E-state index is 6.51. The van der Waals surface area contributed by atoms with E-state index < -0.39 is 0 Å². The monoisotopic (exact) mass is 404 g/mol. The Hall–Kier alpha value is -3.18. The summed E-state index contributed by atoms with van der Waals surface area (Å²) in [7, 11) is 0. The number of nitrogens with zero attached hydrogens (tertiary/aromatic N) is 2. The van der Waals surface area contributed by atoms with Gasteiger partial charge in [-0.15, -0.1) is 0 Å². The standard InChI is InChI=1S/C23H17ClN2O3/c24-17-7-3-1-5-15(17)23-26-19(16-6-2-4-8-20(16)29-23)12-18(25-26)14-9-10-21-22(11-14)28-13-27-21/h1-11,19,23H,12-13H2/t19-,23+/m1/s1. The van der Waals surface area contributed by atoms with Crippen molar-refractivity contribution >= 4 is 17.3 Å². The molecule has 0 amide bonds. The topological polar surface area (TPSA) is 43.3 Å². The van der Waals surface area contributed by atoms with Crippen LogP contribution in [0.3, 0.4) is 0 Å². The number of ether oxygens (including phenoxy) is 3. The molecule has 0 aliphatic carbocycles. The Kier molecular flexibility index (Phi) is 3.71. The van der Waals surface area contributed by atoms with Crippen LogP contribution >= 0.6 is 11.6 Å². The van der Waals surface area contributed by atoms with Gasteiger partial charge in [0.2, 0.25) is 13.0 Å². The summed E-state index contributed by atoms with van der Waals surface area (Å²) < 4.78 is 17.3. The van der Waals surface area contributed by atoms with Crippen LogP contribution in [0.2, 0.25) is 5.02 Å². The molecule has 0 aromatic heterocycles. The Bertz CT molecular complexity index is 1150. The Balaban J connectivity index is 1.45. The smallest absolute Gasteiger partial charge is 0.231 e. The molecule has 0 saturated heterocycles. The molecule has 3 aromatic carbocycles. The summed E-state index contributed by atoms with van der Waals surface area (Å²) in [6.07, 6.45) is 0.399. The minimum absolute atomic E-state index is 0.0849. The molecule has 0 radical (unpaired) electrons. The molecule has 3 aliphatic heterocycles. The highest BCUT2D eigenvalue weighted by atomic mass is 35.5. The normalized spacial score (nSPS) is 21.3. The molecule has 144 valence electrons. The number of para-hydroxylation sites is 1. The number of rotatable bonds is 2. The van der Waals surface area contributed by atoms with E-state index in [0.717, 1.165) is 46.1 Å². The van der Waals surface area contributed by atoms with Gasteiger partial charge in [-0.05, 0) is 30.3 Å². The summed E-state index contributed by atoms with van der Waals surface area (Å²) in [5, 5.41) is 7.67. The van der Waals surface area contributed by atoms with Crippen molar-refractivity contribution in [2.24, 2.45) is 5.10 Å². The average Bonchev–Trinajstić information content (AvgIpc) is 3.40. The summed E-state index contributed by atoms with van der Waals surface area (Å²) in [4.78, 5) is 0. The molecule has 3 aromatic rings. The van der Waals surface area contributed by atoms with Gasteiger partial charge in [-0.1, -0.05) is 48.0 Å². The third-order valence-corrected chi connectivity index (χ3v) is 5.92. The van der Waals surface area contributed by atoms with E-state index in [-0.39, 0.29) is 19.1 Å². The molecule has 0 spiro atoms. The number of hydrazone groups is 1. The highest BCUT2D eigenvalue weighted by Crippen LogP contribution is 2.48. The van der Waals surface area contributed by atoms with Crippen LogP contribution in [0.1, 0.15) is 35.4 Å². The zero-order valence-corrected chi connectivity index (χ0v) is 16.2. The molecule has 6 rings (SSSR count). The van der Waals surface area contributed by atoms with Crippen LogP contribution in [0.25, 0.3) is 0 Å². The SMILES string of the molecule is Clc1ccccc1[C@@H]1Oc2ccccc2[C@H]2CC(c3ccc4c(c3)OCO4)=NN21. The van der Waals surface area contributed by atoms with Crippen LogP contribution < -0.4 is 14.2 Å². The van der Waals surface area contributed by atoms with Crippen LogP contribution in [0.4, 0.5) is 0 Å². The molecular weight excluding hydrogens is 388 g/mol. The largest absolute Gasteiger partial charge is 0.464 e. The minimum Gasteiger partial charge on any atom is -0.464 e. The molecule has 6 heteroatoms. The Morgan fingerprint density at radius 1 is 0.862 bits per heavy atom. The van der Waals surface area contributed by atoms with Gasteiger partial charge in [0, 0.05) is 28.1 Å². The lowest BCUT2D eigenvalue weighted by Gasteiger charge is -2.38. The molecule has 3 aliphatic rings. The highest BCUT2D eigenvalue weighted by molar-refractivity contribution is 6.31. The van der Waals surface area contributed by atoms with Crippen molar-refractivity contribution in [1.82, 2.24) is 5.01 Å². The molecule has 0 N–H and O–H groups in total. The van der Waals surface area contributed by atoms with Crippen molar-refractivity contribution in [2.75, 3.05) is 6.79 Å². The van der Waals surface area contributed by atoms with Gasteiger partial charge >= 0.3 is 0 Å². The van der Waals surface area contributed by atoms with Gasteiger partial charge in [0.1, 0.15) is 5.75 Å². The highest BCUT2D eigenvalue weighted by Gasteiger charge is 2.41. The first-order valence-corrected chi connectivity index (χ1v) is 9.91. The second kappa shape index (κ2) is 6.42. The van der Waals surface area contributed by atoms with Crippen LogP contribution in [-0.2, 0) is 0 Å². The zero-order chi connectivity index (χ0) is 19.4. The van der Waals surface area contributed by atoms with Crippen LogP contribution in [0.15, 0.2) is 71.8 Å². The molecule has 3 heterocycles. The summed E-state index contributed by atoms with van der Waals surface area (Å²) >= 11 is 6.51. The van der Waals surface area contributed by atoms with E-state index >= 15 is 0 Å². The molecular formula is C23H17ClN2O3. The maximum Gasteiger partial charge on any atom is 0.231 e. The molecule has 0 saturated carbocycles. The fourth-order valence-corrected chi connectivity index (χ4v) is 4.39. The van der Waals surface area contributed by atoms with Crippen molar-refractivity contribution in [2.45, 2.75) is 18.7 Å². The van der Waals surface area contributed by atoms with Gasteiger partial charge in [-0.3, -0.25) is 0 Å². The second-order valence-electron chi connectivity index (χ2n) is 7.24. The van der Waals surface area contributed by atoms with Crippen molar-refractivity contribution in [3.05, 3.63) is 88.4 Å². The number of fused-ring (bicyclic) bond motifs is 4. The van der Waals surface area contributed by atoms with Crippen LogP contribution in [0, 0.1) is 0 Å². The molecule has 29 heavy (non-hydrogen) atoms. The van der Waals surface area contributed by atoms with E-state index in [1.807, 2.05) is 65.7 Å².